The molecule has 5 nitrogen and oxygen atoms in total. The molecule has 0 saturated carbocycles. The van der Waals surface area contributed by atoms with Crippen molar-refractivity contribution in [1.82, 2.24) is 0 Å². The summed E-state index contributed by atoms with van der Waals surface area (Å²) in [7, 11) is -3.35. The van der Waals surface area contributed by atoms with Crippen LogP contribution in [0.25, 0.3) is 0 Å². The highest BCUT2D eigenvalue weighted by atomic mass is 35.5. The second kappa shape index (κ2) is 7.68. The van der Waals surface area contributed by atoms with Gasteiger partial charge in [-0.3, -0.25) is 9.10 Å². The van der Waals surface area contributed by atoms with E-state index in [9.17, 15) is 13.2 Å². The Morgan fingerprint density at radius 2 is 2.00 bits per heavy atom. The molecule has 138 valence electrons. The van der Waals surface area contributed by atoms with E-state index in [1.54, 1.807) is 36.4 Å². The smallest absolute Gasteiger partial charge is 0.257 e. The Hall–Kier alpha value is -2.05. The van der Waals surface area contributed by atoms with E-state index in [-0.39, 0.29) is 11.7 Å². The van der Waals surface area contributed by atoms with Crippen LogP contribution in [0.3, 0.4) is 0 Å². The van der Waals surface area contributed by atoms with Gasteiger partial charge in [0, 0.05) is 12.2 Å². The van der Waals surface area contributed by atoms with Crippen molar-refractivity contribution in [2.75, 3.05) is 21.9 Å². The number of benzene rings is 2. The Bertz CT molecular complexity index is 928. The highest BCUT2D eigenvalue weighted by molar-refractivity contribution is 7.92. The number of anilines is 2. The summed E-state index contributed by atoms with van der Waals surface area (Å²) in [4.78, 5) is 12.5. The fraction of sp³-hybridized carbons (Fsp3) is 0.316. The molecule has 1 N–H and O–H groups in total. The molecule has 1 aliphatic heterocycles. The van der Waals surface area contributed by atoms with E-state index in [1.807, 2.05) is 13.0 Å². The van der Waals surface area contributed by atoms with Crippen molar-refractivity contribution < 1.29 is 13.2 Å². The summed E-state index contributed by atoms with van der Waals surface area (Å²) in [5, 5.41) is 3.18. The summed E-state index contributed by atoms with van der Waals surface area (Å²) >= 11 is 6.07. The van der Waals surface area contributed by atoms with Gasteiger partial charge in [-0.05, 0) is 49.1 Å². The molecule has 1 amide bonds. The summed E-state index contributed by atoms with van der Waals surface area (Å²) < 4.78 is 26.6. The average molecular weight is 393 g/mol. The number of nitrogens with zero attached hydrogens (tertiary/aromatic N) is 1. The van der Waals surface area contributed by atoms with Crippen LogP contribution in [0.1, 0.15) is 35.7 Å². The molecule has 0 unspecified atom stereocenters. The molecule has 1 aliphatic rings. The quantitative estimate of drug-likeness (QED) is 0.833. The number of carbonyl (C=O) groups is 1. The van der Waals surface area contributed by atoms with Crippen LogP contribution in [0.15, 0.2) is 42.5 Å². The van der Waals surface area contributed by atoms with Crippen molar-refractivity contribution in [3.63, 3.8) is 0 Å². The van der Waals surface area contributed by atoms with E-state index < -0.39 is 10.0 Å². The Morgan fingerprint density at radius 1 is 1.23 bits per heavy atom. The number of amides is 1. The number of hydrogen-bond acceptors (Lipinski definition) is 3. The third-order valence-electron chi connectivity index (χ3n) is 4.34. The van der Waals surface area contributed by atoms with E-state index in [0.29, 0.717) is 34.9 Å². The van der Waals surface area contributed by atoms with Crippen LogP contribution in [0, 0.1) is 0 Å². The first kappa shape index (κ1) is 18.7. The second-order valence-electron chi connectivity index (χ2n) is 6.27. The van der Waals surface area contributed by atoms with Crippen molar-refractivity contribution in [2.24, 2.45) is 0 Å². The molecule has 0 radical (unpaired) electrons. The maximum absolute atomic E-state index is 12.6. The molecular formula is C19H21ClN2O3S. The van der Waals surface area contributed by atoms with Gasteiger partial charge < -0.3 is 5.32 Å². The molecule has 0 saturated heterocycles. The Labute approximate surface area is 159 Å². The van der Waals surface area contributed by atoms with Gasteiger partial charge in [0.2, 0.25) is 10.0 Å². The first-order valence-corrected chi connectivity index (χ1v) is 10.6. The number of fused-ring (bicyclic) bond motifs is 1. The van der Waals surface area contributed by atoms with Crippen LogP contribution >= 0.6 is 11.6 Å². The van der Waals surface area contributed by atoms with Gasteiger partial charge >= 0.3 is 0 Å². The zero-order valence-corrected chi connectivity index (χ0v) is 16.1. The van der Waals surface area contributed by atoms with E-state index in [2.05, 4.69) is 5.32 Å². The maximum atomic E-state index is 12.6. The first-order chi connectivity index (χ1) is 12.4. The van der Waals surface area contributed by atoms with Crippen molar-refractivity contribution >= 4 is 38.9 Å². The summed E-state index contributed by atoms with van der Waals surface area (Å²) in [5.41, 5.74) is 2.56. The minimum atomic E-state index is -3.35. The zero-order chi connectivity index (χ0) is 18.7. The highest BCUT2D eigenvalue weighted by Crippen LogP contribution is 2.32. The van der Waals surface area contributed by atoms with Gasteiger partial charge in [-0.1, -0.05) is 36.7 Å². The number of rotatable bonds is 5. The van der Waals surface area contributed by atoms with Gasteiger partial charge in [0.15, 0.2) is 0 Å². The van der Waals surface area contributed by atoms with E-state index in [1.165, 1.54) is 4.31 Å². The van der Waals surface area contributed by atoms with E-state index >= 15 is 0 Å². The molecule has 3 rings (SSSR count). The minimum Gasteiger partial charge on any atom is -0.322 e. The lowest BCUT2D eigenvalue weighted by Crippen LogP contribution is -2.37. The third kappa shape index (κ3) is 3.86. The van der Waals surface area contributed by atoms with Crippen LogP contribution < -0.4 is 9.62 Å². The van der Waals surface area contributed by atoms with Crippen molar-refractivity contribution in [1.29, 1.82) is 0 Å². The fourth-order valence-corrected chi connectivity index (χ4v) is 4.95. The van der Waals surface area contributed by atoms with Crippen LogP contribution in [-0.4, -0.2) is 26.6 Å². The zero-order valence-electron chi connectivity index (χ0n) is 14.5. The molecule has 0 atom stereocenters. The number of nitrogens with one attached hydrogen (secondary N) is 1. The molecule has 0 aliphatic carbocycles. The number of hydrogen-bond donors (Lipinski definition) is 1. The number of sulfonamides is 1. The van der Waals surface area contributed by atoms with Gasteiger partial charge in [0.25, 0.3) is 5.91 Å². The largest absolute Gasteiger partial charge is 0.322 e. The van der Waals surface area contributed by atoms with Gasteiger partial charge in [0.1, 0.15) is 0 Å². The molecule has 1 heterocycles. The second-order valence-corrected chi connectivity index (χ2v) is 8.69. The van der Waals surface area contributed by atoms with Crippen LogP contribution in [0.4, 0.5) is 11.4 Å². The molecule has 0 aromatic heterocycles. The minimum absolute atomic E-state index is 0.114. The van der Waals surface area contributed by atoms with E-state index in [4.69, 9.17) is 11.6 Å². The molecule has 7 heteroatoms. The summed E-state index contributed by atoms with van der Waals surface area (Å²) in [6, 6.07) is 12.2. The lowest BCUT2D eigenvalue weighted by Gasteiger charge is -2.31. The number of halogens is 1. The Balaban J connectivity index is 1.90. The van der Waals surface area contributed by atoms with Crippen molar-refractivity contribution in [3.8, 4) is 0 Å². The summed E-state index contributed by atoms with van der Waals surface area (Å²) in [6.07, 6.45) is 2.19. The first-order valence-electron chi connectivity index (χ1n) is 8.61. The molecular weight excluding hydrogens is 372 g/mol. The molecule has 0 spiro atoms. The van der Waals surface area contributed by atoms with Gasteiger partial charge in [-0.2, -0.15) is 0 Å². The lowest BCUT2D eigenvalue weighted by molar-refractivity contribution is 0.102. The van der Waals surface area contributed by atoms with Crippen LogP contribution in [0.2, 0.25) is 5.02 Å². The standard InChI is InChI=1S/C19H21ClN2O3S/c1-2-12-26(24,25)22-11-5-6-14-9-10-15(13-18(14)22)21-19(23)16-7-3-4-8-17(16)20/h3-4,7-10,13H,2,5-6,11-12H2,1H3,(H,21,23). The monoisotopic (exact) mass is 392 g/mol. The predicted molar refractivity (Wildman–Crippen MR) is 106 cm³/mol. The average Bonchev–Trinajstić information content (AvgIpc) is 2.61. The summed E-state index contributed by atoms with van der Waals surface area (Å²) in [5.74, 6) is -0.211. The van der Waals surface area contributed by atoms with Gasteiger partial charge in [0.05, 0.1) is 22.0 Å². The fourth-order valence-electron chi connectivity index (χ4n) is 3.12. The lowest BCUT2D eigenvalue weighted by atomic mass is 10.0. The topological polar surface area (TPSA) is 66.5 Å². The van der Waals surface area contributed by atoms with Gasteiger partial charge in [-0.25, -0.2) is 8.42 Å². The Kier molecular flexibility index (Phi) is 5.53. The molecule has 26 heavy (non-hydrogen) atoms. The summed E-state index contributed by atoms with van der Waals surface area (Å²) in [6.45, 7) is 2.32. The van der Waals surface area contributed by atoms with Crippen LogP contribution in [-0.2, 0) is 16.4 Å². The highest BCUT2D eigenvalue weighted by Gasteiger charge is 2.27. The maximum Gasteiger partial charge on any atom is 0.257 e. The van der Waals surface area contributed by atoms with Crippen molar-refractivity contribution in [2.45, 2.75) is 26.2 Å². The SMILES string of the molecule is CCCS(=O)(=O)N1CCCc2ccc(NC(=O)c3ccccc3Cl)cc21. The van der Waals surface area contributed by atoms with Crippen molar-refractivity contribution in [3.05, 3.63) is 58.6 Å². The predicted octanol–water partition coefficient (Wildman–Crippen LogP) is 4.08. The van der Waals surface area contributed by atoms with Crippen LogP contribution in [0.5, 0.6) is 0 Å². The Morgan fingerprint density at radius 3 is 2.73 bits per heavy atom. The number of aryl methyl sites for hydroxylation is 1. The molecule has 2 aromatic rings. The normalized spacial score (nSPS) is 14.0. The molecule has 0 bridgehead atoms. The molecule has 2 aromatic carbocycles. The third-order valence-corrected chi connectivity index (χ3v) is 6.64. The van der Waals surface area contributed by atoms with Gasteiger partial charge in [-0.15, -0.1) is 0 Å². The van der Waals surface area contributed by atoms with E-state index in [0.717, 1.165) is 18.4 Å². The number of carbonyl (C=O) groups excluding carboxylic acids is 1. The molecule has 0 fully saturated rings.